The van der Waals surface area contributed by atoms with Crippen molar-refractivity contribution in [1.82, 2.24) is 0 Å². The molecule has 0 saturated carbocycles. The minimum atomic E-state index is -0.427. The number of ether oxygens (including phenoxy) is 2. The normalized spacial score (nSPS) is 10.2. The highest BCUT2D eigenvalue weighted by atomic mass is 35.5. The molecule has 0 aliphatic rings. The van der Waals surface area contributed by atoms with Crippen LogP contribution in [-0.2, 0) is 14.3 Å². The predicted molar refractivity (Wildman–Crippen MR) is 37.8 cm³/mol. The van der Waals surface area contributed by atoms with Crippen LogP contribution >= 0.6 is 11.6 Å². The highest BCUT2D eigenvalue weighted by Crippen LogP contribution is 1.83. The molecule has 0 heterocycles. The van der Waals surface area contributed by atoms with Crippen LogP contribution in [0.5, 0.6) is 0 Å². The summed E-state index contributed by atoms with van der Waals surface area (Å²) >= 11 is 5.25. The summed E-state index contributed by atoms with van der Waals surface area (Å²) in [6.45, 7) is -0.0351. The van der Waals surface area contributed by atoms with E-state index in [0.717, 1.165) is 0 Å². The summed E-state index contributed by atoms with van der Waals surface area (Å²) in [7, 11) is 1.42. The largest absolute Gasteiger partial charge is 0.433 e. The fourth-order valence-electron chi connectivity index (χ4n) is 0.312. The summed E-state index contributed by atoms with van der Waals surface area (Å²) in [5, 5.41) is 0. The molecule has 0 rings (SSSR count). The first-order valence-corrected chi connectivity index (χ1v) is 3.24. The number of carbonyl (C=O) groups is 1. The van der Waals surface area contributed by atoms with Crippen LogP contribution in [-0.4, -0.2) is 25.6 Å². The van der Waals surface area contributed by atoms with E-state index >= 15 is 0 Å². The van der Waals surface area contributed by atoms with Crippen LogP contribution in [0.15, 0.2) is 12.3 Å². The maximum absolute atomic E-state index is 10.5. The lowest BCUT2D eigenvalue weighted by molar-refractivity contribution is -0.142. The van der Waals surface area contributed by atoms with Gasteiger partial charge >= 0.3 is 5.97 Å². The quantitative estimate of drug-likeness (QED) is 0.352. The third kappa shape index (κ3) is 5.59. The Balaban J connectivity index is 3.30. The highest BCUT2D eigenvalue weighted by Gasteiger charge is 1.95. The number of hydrogen-bond acceptors (Lipinski definition) is 3. The molecule has 0 amide bonds. The number of esters is 1. The Hall–Kier alpha value is -0.540. The molecule has 58 valence electrons. The van der Waals surface area contributed by atoms with Gasteiger partial charge in [0.1, 0.15) is 6.61 Å². The third-order valence-corrected chi connectivity index (χ3v) is 0.825. The van der Waals surface area contributed by atoms with Crippen LogP contribution < -0.4 is 0 Å². The van der Waals surface area contributed by atoms with Gasteiger partial charge in [0.25, 0.3) is 0 Å². The second kappa shape index (κ2) is 6.58. The van der Waals surface area contributed by atoms with E-state index < -0.39 is 5.97 Å². The molecule has 0 atom stereocenters. The molecule has 0 aromatic carbocycles. The Morgan fingerprint density at radius 1 is 1.70 bits per heavy atom. The number of alkyl halides is 1. The number of rotatable bonds is 4. The van der Waals surface area contributed by atoms with Crippen molar-refractivity contribution < 1.29 is 14.3 Å². The lowest BCUT2D eigenvalue weighted by Gasteiger charge is -1.94. The predicted octanol–water partition coefficient (Wildman–Crippen LogP) is 0.929. The minimum Gasteiger partial charge on any atom is -0.433 e. The second-order valence-corrected chi connectivity index (χ2v) is 1.76. The van der Waals surface area contributed by atoms with Gasteiger partial charge in [0.05, 0.1) is 6.26 Å². The molecule has 3 nitrogen and oxygen atoms in total. The standard InChI is InChI=1S/C6H9ClO3/c1-9-5-6(8)10-4-2-3-7/h2,4H,3,5H2,1H3/b4-2+. The Labute approximate surface area is 64.6 Å². The van der Waals surface area contributed by atoms with Gasteiger partial charge in [0.15, 0.2) is 0 Å². The van der Waals surface area contributed by atoms with Crippen molar-refractivity contribution in [2.45, 2.75) is 0 Å². The van der Waals surface area contributed by atoms with E-state index in [1.54, 1.807) is 0 Å². The number of hydrogen-bond donors (Lipinski definition) is 0. The van der Waals surface area contributed by atoms with E-state index in [1.807, 2.05) is 0 Å². The van der Waals surface area contributed by atoms with Crippen molar-refractivity contribution in [1.29, 1.82) is 0 Å². The van der Waals surface area contributed by atoms with Crippen LogP contribution in [0.2, 0.25) is 0 Å². The third-order valence-electron chi connectivity index (χ3n) is 0.647. The lowest BCUT2D eigenvalue weighted by Crippen LogP contribution is -2.07. The van der Waals surface area contributed by atoms with E-state index in [1.165, 1.54) is 19.4 Å². The molecule has 0 N–H and O–H groups in total. The summed E-state index contributed by atoms with van der Waals surface area (Å²) in [6, 6.07) is 0. The minimum absolute atomic E-state index is 0.0351. The fourth-order valence-corrected chi connectivity index (χ4v) is 0.385. The molecule has 0 saturated heterocycles. The van der Waals surface area contributed by atoms with Gasteiger partial charge in [0, 0.05) is 13.0 Å². The van der Waals surface area contributed by atoms with Crippen LogP contribution in [0.25, 0.3) is 0 Å². The molecule has 0 aliphatic carbocycles. The van der Waals surface area contributed by atoms with Gasteiger partial charge in [-0.15, -0.1) is 11.6 Å². The molecule has 10 heavy (non-hydrogen) atoms. The van der Waals surface area contributed by atoms with Crippen LogP contribution in [0.3, 0.4) is 0 Å². The average Bonchev–Trinajstić information content (AvgIpc) is 1.89. The monoisotopic (exact) mass is 164 g/mol. The first-order chi connectivity index (χ1) is 4.81. The summed E-state index contributed by atoms with van der Waals surface area (Å²) in [5.41, 5.74) is 0. The Kier molecular flexibility index (Phi) is 6.22. The lowest BCUT2D eigenvalue weighted by atomic mass is 10.7. The van der Waals surface area contributed by atoms with Gasteiger partial charge in [-0.3, -0.25) is 0 Å². The smallest absolute Gasteiger partial charge is 0.336 e. The van der Waals surface area contributed by atoms with E-state index in [0.29, 0.717) is 5.88 Å². The molecule has 0 radical (unpaired) electrons. The van der Waals surface area contributed by atoms with Gasteiger partial charge in [-0.05, 0) is 6.08 Å². The summed E-state index contributed by atoms with van der Waals surface area (Å²) in [5.74, 6) is -0.0934. The molecule has 0 aromatic heterocycles. The second-order valence-electron chi connectivity index (χ2n) is 1.45. The van der Waals surface area contributed by atoms with Crippen LogP contribution in [0.1, 0.15) is 0 Å². The van der Waals surface area contributed by atoms with Crippen molar-refractivity contribution in [3.63, 3.8) is 0 Å². The Morgan fingerprint density at radius 2 is 2.40 bits per heavy atom. The molecule has 0 bridgehead atoms. The summed E-state index contributed by atoms with van der Waals surface area (Å²) in [6.07, 6.45) is 2.77. The van der Waals surface area contributed by atoms with E-state index in [9.17, 15) is 4.79 Å². The van der Waals surface area contributed by atoms with Gasteiger partial charge in [0.2, 0.25) is 0 Å². The maximum Gasteiger partial charge on any atom is 0.336 e. The molecule has 0 unspecified atom stereocenters. The van der Waals surface area contributed by atoms with Crippen LogP contribution in [0.4, 0.5) is 0 Å². The van der Waals surface area contributed by atoms with E-state index in [4.69, 9.17) is 11.6 Å². The van der Waals surface area contributed by atoms with Crippen LogP contribution in [0, 0.1) is 0 Å². The van der Waals surface area contributed by atoms with Gasteiger partial charge in [-0.25, -0.2) is 4.79 Å². The van der Waals surface area contributed by atoms with Crippen molar-refractivity contribution in [2.24, 2.45) is 0 Å². The number of carbonyl (C=O) groups excluding carboxylic acids is 1. The zero-order chi connectivity index (χ0) is 7.82. The Bertz CT molecular complexity index is 122. The first-order valence-electron chi connectivity index (χ1n) is 2.70. The van der Waals surface area contributed by atoms with Gasteiger partial charge in [-0.1, -0.05) is 0 Å². The SMILES string of the molecule is COCC(=O)O/C=C/CCl. The molecular weight excluding hydrogens is 156 g/mol. The van der Waals surface area contributed by atoms with E-state index in [2.05, 4.69) is 9.47 Å². The zero-order valence-corrected chi connectivity index (χ0v) is 6.43. The van der Waals surface area contributed by atoms with Crippen molar-refractivity contribution >= 4 is 17.6 Å². The molecule has 0 spiro atoms. The zero-order valence-electron chi connectivity index (χ0n) is 5.67. The first kappa shape index (κ1) is 9.46. The van der Waals surface area contributed by atoms with Gasteiger partial charge in [-0.2, -0.15) is 0 Å². The molecule has 0 aromatic rings. The maximum atomic E-state index is 10.5. The molecule has 0 aliphatic heterocycles. The molecule has 4 heteroatoms. The van der Waals surface area contributed by atoms with Crippen molar-refractivity contribution in [2.75, 3.05) is 19.6 Å². The topological polar surface area (TPSA) is 35.5 Å². The molecule has 0 fully saturated rings. The highest BCUT2D eigenvalue weighted by molar-refractivity contribution is 6.18. The number of methoxy groups -OCH3 is 1. The van der Waals surface area contributed by atoms with Crippen molar-refractivity contribution in [3.05, 3.63) is 12.3 Å². The van der Waals surface area contributed by atoms with Crippen molar-refractivity contribution in [3.8, 4) is 0 Å². The average molecular weight is 165 g/mol. The fraction of sp³-hybridized carbons (Fsp3) is 0.500. The van der Waals surface area contributed by atoms with Gasteiger partial charge < -0.3 is 9.47 Å². The summed E-state index contributed by atoms with van der Waals surface area (Å²) in [4.78, 5) is 10.5. The Morgan fingerprint density at radius 3 is 2.90 bits per heavy atom. The van der Waals surface area contributed by atoms with E-state index in [-0.39, 0.29) is 6.61 Å². The number of halogens is 1. The molecular formula is C6H9ClO3. The number of allylic oxidation sites excluding steroid dienone is 1. The summed E-state index contributed by atoms with van der Waals surface area (Å²) < 4.78 is 8.99.